The fourth-order valence-corrected chi connectivity index (χ4v) is 4.59. The van der Waals surface area contributed by atoms with Crippen LogP contribution in [0.25, 0.3) is 22.1 Å². The van der Waals surface area contributed by atoms with Crippen LogP contribution >= 0.6 is 0 Å². The van der Waals surface area contributed by atoms with Crippen LogP contribution in [0, 0.1) is 0 Å². The number of para-hydroxylation sites is 1. The van der Waals surface area contributed by atoms with E-state index in [9.17, 15) is 13.2 Å². The zero-order valence-electron chi connectivity index (χ0n) is 16.2. The summed E-state index contributed by atoms with van der Waals surface area (Å²) in [6, 6.07) is 14.3. The second-order valence-corrected chi connectivity index (χ2v) is 8.92. The van der Waals surface area contributed by atoms with Crippen LogP contribution in [-0.2, 0) is 22.2 Å². The predicted octanol–water partition coefficient (Wildman–Crippen LogP) is 3.08. The van der Waals surface area contributed by atoms with Gasteiger partial charge in [-0.25, -0.2) is 13.1 Å². The summed E-state index contributed by atoms with van der Waals surface area (Å²) in [5.74, 6) is -0.378. The molecule has 2 aromatic heterocycles. The zero-order chi connectivity index (χ0) is 21.4. The summed E-state index contributed by atoms with van der Waals surface area (Å²) in [5, 5.41) is 4.40. The lowest BCUT2D eigenvalue weighted by Crippen LogP contribution is -2.31. The molecule has 31 heavy (non-hydrogen) atoms. The number of ether oxygens (including phenoxy) is 1. The van der Waals surface area contributed by atoms with E-state index in [2.05, 4.69) is 14.9 Å². The first-order valence-electron chi connectivity index (χ1n) is 9.58. The number of amides is 1. The SMILES string of the molecule is O=C(NS(=O)(=O)Cc1noc2ccccc12)c1cncc(-c2ccc3c(c2)CCO3)c1. The molecule has 0 atom stereocenters. The molecule has 1 N–H and O–H groups in total. The standard InChI is InChI=1S/C22H17N3O5S/c26-22(25-31(27,28)13-19-18-3-1-2-4-21(18)30-24-19)17-10-16(11-23-12-17)14-5-6-20-15(9-14)7-8-29-20/h1-6,9-12H,7-8,13H2,(H,25,26). The molecule has 0 aliphatic carbocycles. The van der Waals surface area contributed by atoms with E-state index in [1.54, 1.807) is 36.5 Å². The molecule has 8 nitrogen and oxygen atoms in total. The van der Waals surface area contributed by atoms with Crippen LogP contribution in [0.5, 0.6) is 5.75 Å². The molecular formula is C22H17N3O5S. The molecule has 1 amide bonds. The highest BCUT2D eigenvalue weighted by Crippen LogP contribution is 2.30. The molecule has 0 spiro atoms. The number of pyridine rings is 1. The largest absolute Gasteiger partial charge is 0.493 e. The number of rotatable bonds is 5. The minimum absolute atomic E-state index is 0.142. The van der Waals surface area contributed by atoms with Gasteiger partial charge in [0, 0.05) is 29.8 Å². The minimum atomic E-state index is -4.00. The predicted molar refractivity (Wildman–Crippen MR) is 113 cm³/mol. The summed E-state index contributed by atoms with van der Waals surface area (Å²) in [6.45, 7) is 0.651. The van der Waals surface area contributed by atoms with Crippen LogP contribution < -0.4 is 9.46 Å². The molecule has 9 heteroatoms. The number of carbonyl (C=O) groups is 1. The molecule has 156 valence electrons. The fourth-order valence-electron chi connectivity index (χ4n) is 3.55. The molecule has 5 rings (SSSR count). The van der Waals surface area contributed by atoms with Crippen molar-refractivity contribution >= 4 is 26.9 Å². The van der Waals surface area contributed by atoms with E-state index in [0.29, 0.717) is 23.1 Å². The monoisotopic (exact) mass is 435 g/mol. The third kappa shape index (κ3) is 3.87. The maximum Gasteiger partial charge on any atom is 0.266 e. The molecular weight excluding hydrogens is 418 g/mol. The highest BCUT2D eigenvalue weighted by atomic mass is 32.2. The molecule has 0 saturated heterocycles. The average Bonchev–Trinajstić information content (AvgIpc) is 3.40. The Morgan fingerprint density at radius 3 is 2.84 bits per heavy atom. The molecule has 0 bridgehead atoms. The van der Waals surface area contributed by atoms with Crippen molar-refractivity contribution in [3.05, 3.63) is 77.7 Å². The lowest BCUT2D eigenvalue weighted by molar-refractivity contribution is 0.0981. The lowest BCUT2D eigenvalue weighted by atomic mass is 10.0. The summed E-state index contributed by atoms with van der Waals surface area (Å²) >= 11 is 0. The molecule has 0 unspecified atom stereocenters. The van der Waals surface area contributed by atoms with E-state index in [1.165, 1.54) is 6.20 Å². The van der Waals surface area contributed by atoms with E-state index in [1.807, 2.05) is 18.2 Å². The van der Waals surface area contributed by atoms with Crippen LogP contribution in [0.15, 0.2) is 65.4 Å². The Kier molecular flexibility index (Phi) is 4.67. The third-order valence-corrected chi connectivity index (χ3v) is 6.20. The number of hydrogen-bond acceptors (Lipinski definition) is 7. The summed E-state index contributed by atoms with van der Waals surface area (Å²) in [6.07, 6.45) is 3.78. The third-order valence-electron chi connectivity index (χ3n) is 5.05. The van der Waals surface area contributed by atoms with Gasteiger partial charge in [0.2, 0.25) is 10.0 Å². The van der Waals surface area contributed by atoms with Gasteiger partial charge in [0.15, 0.2) is 5.58 Å². The van der Waals surface area contributed by atoms with Gasteiger partial charge < -0.3 is 9.26 Å². The van der Waals surface area contributed by atoms with Gasteiger partial charge >= 0.3 is 0 Å². The van der Waals surface area contributed by atoms with E-state index in [4.69, 9.17) is 9.26 Å². The Bertz CT molecular complexity index is 1410. The van der Waals surface area contributed by atoms with Crippen LogP contribution in [0.3, 0.4) is 0 Å². The maximum absolute atomic E-state index is 12.6. The molecule has 4 aromatic rings. The average molecular weight is 435 g/mol. The van der Waals surface area contributed by atoms with E-state index in [-0.39, 0.29) is 11.3 Å². The van der Waals surface area contributed by atoms with Crippen LogP contribution in [0.2, 0.25) is 0 Å². The van der Waals surface area contributed by atoms with Gasteiger partial charge in [0.25, 0.3) is 5.91 Å². The molecule has 0 saturated carbocycles. The van der Waals surface area contributed by atoms with Crippen molar-refractivity contribution in [3.8, 4) is 16.9 Å². The summed E-state index contributed by atoms with van der Waals surface area (Å²) in [7, 11) is -4.00. The number of fused-ring (bicyclic) bond motifs is 2. The smallest absolute Gasteiger partial charge is 0.266 e. The van der Waals surface area contributed by atoms with Gasteiger partial charge in [-0.1, -0.05) is 23.4 Å². The Morgan fingerprint density at radius 2 is 1.94 bits per heavy atom. The van der Waals surface area contributed by atoms with Crippen LogP contribution in [0.1, 0.15) is 21.6 Å². The first-order chi connectivity index (χ1) is 15.0. The van der Waals surface area contributed by atoms with E-state index in [0.717, 1.165) is 23.3 Å². The van der Waals surface area contributed by atoms with E-state index >= 15 is 0 Å². The van der Waals surface area contributed by atoms with Crippen molar-refractivity contribution in [2.75, 3.05) is 6.61 Å². The van der Waals surface area contributed by atoms with Gasteiger partial charge in [-0.05, 0) is 41.5 Å². The van der Waals surface area contributed by atoms with Crippen molar-refractivity contribution in [2.24, 2.45) is 0 Å². The molecule has 3 heterocycles. The number of aromatic nitrogens is 2. The molecule has 2 aromatic carbocycles. The van der Waals surface area contributed by atoms with Crippen LogP contribution in [-0.4, -0.2) is 31.1 Å². The fraction of sp³-hybridized carbons (Fsp3) is 0.136. The number of hydrogen-bond donors (Lipinski definition) is 1. The Labute approximate surface area is 177 Å². The van der Waals surface area contributed by atoms with Gasteiger partial charge in [0.1, 0.15) is 17.2 Å². The van der Waals surface area contributed by atoms with Crippen molar-refractivity contribution in [1.82, 2.24) is 14.9 Å². The van der Waals surface area contributed by atoms with Gasteiger partial charge in [-0.15, -0.1) is 0 Å². The van der Waals surface area contributed by atoms with E-state index < -0.39 is 21.7 Å². The molecule has 1 aliphatic heterocycles. The summed E-state index contributed by atoms with van der Waals surface area (Å²) < 4.78 is 37.9. The first-order valence-corrected chi connectivity index (χ1v) is 11.2. The molecule has 0 radical (unpaired) electrons. The summed E-state index contributed by atoms with van der Waals surface area (Å²) in [4.78, 5) is 16.7. The van der Waals surface area contributed by atoms with Crippen molar-refractivity contribution in [3.63, 3.8) is 0 Å². The van der Waals surface area contributed by atoms with Crippen LogP contribution in [0.4, 0.5) is 0 Å². The highest BCUT2D eigenvalue weighted by molar-refractivity contribution is 7.89. The van der Waals surface area contributed by atoms with Crippen molar-refractivity contribution < 1.29 is 22.5 Å². The zero-order valence-corrected chi connectivity index (χ0v) is 17.1. The topological polar surface area (TPSA) is 111 Å². The Morgan fingerprint density at radius 1 is 1.06 bits per heavy atom. The number of sulfonamides is 1. The number of carbonyl (C=O) groups excluding carboxylic acids is 1. The normalized spacial score (nSPS) is 13.0. The van der Waals surface area contributed by atoms with Crippen molar-refractivity contribution in [2.45, 2.75) is 12.2 Å². The van der Waals surface area contributed by atoms with Gasteiger partial charge in [-0.2, -0.15) is 0 Å². The Hall–Kier alpha value is -3.72. The second kappa shape index (κ2) is 7.51. The summed E-state index contributed by atoms with van der Waals surface area (Å²) in [5.41, 5.74) is 3.54. The van der Waals surface area contributed by atoms with Crippen molar-refractivity contribution in [1.29, 1.82) is 0 Å². The number of nitrogens with one attached hydrogen (secondary N) is 1. The lowest BCUT2D eigenvalue weighted by Gasteiger charge is -2.08. The number of nitrogens with zero attached hydrogens (tertiary/aromatic N) is 2. The minimum Gasteiger partial charge on any atom is -0.493 e. The first kappa shape index (κ1) is 19.3. The quantitative estimate of drug-likeness (QED) is 0.513. The highest BCUT2D eigenvalue weighted by Gasteiger charge is 2.21. The molecule has 1 aliphatic rings. The Balaban J connectivity index is 1.36. The van der Waals surface area contributed by atoms with Gasteiger partial charge in [0.05, 0.1) is 12.2 Å². The second-order valence-electron chi connectivity index (χ2n) is 7.20. The van der Waals surface area contributed by atoms with Gasteiger partial charge in [-0.3, -0.25) is 9.78 Å². The molecule has 0 fully saturated rings. The maximum atomic E-state index is 12.6. The number of benzene rings is 2.